The number of hydrogen-bond acceptors (Lipinski definition) is 4. The van der Waals surface area contributed by atoms with E-state index in [1.165, 1.54) is 5.56 Å². The highest BCUT2D eigenvalue weighted by molar-refractivity contribution is 9.10. The van der Waals surface area contributed by atoms with Gasteiger partial charge < -0.3 is 10.6 Å². The van der Waals surface area contributed by atoms with Gasteiger partial charge in [0.05, 0.1) is 0 Å². The van der Waals surface area contributed by atoms with Crippen molar-refractivity contribution in [1.29, 1.82) is 0 Å². The summed E-state index contributed by atoms with van der Waals surface area (Å²) in [6.45, 7) is 8.34. The molecule has 0 bridgehead atoms. The van der Waals surface area contributed by atoms with Crippen LogP contribution >= 0.6 is 15.9 Å². The van der Waals surface area contributed by atoms with Crippen LogP contribution in [0.25, 0.3) is 0 Å². The molecule has 1 fully saturated rings. The normalized spacial score (nSPS) is 17.2. The molecule has 1 aromatic rings. The first kappa shape index (κ1) is 13.8. The first-order valence-electron chi connectivity index (χ1n) is 6.50. The third-order valence-corrected chi connectivity index (χ3v) is 4.24. The average Bonchev–Trinajstić information content (AvgIpc) is 2.40. The lowest BCUT2D eigenvalue weighted by Crippen LogP contribution is -2.47. The van der Waals surface area contributed by atoms with Crippen molar-refractivity contribution in [3.05, 3.63) is 22.3 Å². The molecule has 18 heavy (non-hydrogen) atoms. The Kier molecular flexibility index (Phi) is 4.97. The molecule has 100 valence electrons. The van der Waals surface area contributed by atoms with Crippen LogP contribution in [0.3, 0.4) is 0 Å². The molecule has 2 N–H and O–H groups in total. The highest BCUT2D eigenvalue weighted by Crippen LogP contribution is 2.20. The van der Waals surface area contributed by atoms with Crippen molar-refractivity contribution in [3.63, 3.8) is 0 Å². The van der Waals surface area contributed by atoms with E-state index in [0.29, 0.717) is 0 Å². The van der Waals surface area contributed by atoms with Gasteiger partial charge >= 0.3 is 0 Å². The zero-order valence-corrected chi connectivity index (χ0v) is 12.5. The van der Waals surface area contributed by atoms with Crippen LogP contribution in [0.2, 0.25) is 0 Å². The third-order valence-electron chi connectivity index (χ3n) is 3.41. The van der Waals surface area contributed by atoms with Gasteiger partial charge in [-0.1, -0.05) is 0 Å². The van der Waals surface area contributed by atoms with Crippen molar-refractivity contribution in [1.82, 2.24) is 9.88 Å². The Hall–Kier alpha value is -0.650. The van der Waals surface area contributed by atoms with Gasteiger partial charge in [-0.3, -0.25) is 4.90 Å². The zero-order chi connectivity index (χ0) is 13.0. The van der Waals surface area contributed by atoms with E-state index in [9.17, 15) is 0 Å². The SMILES string of the molecule is Cc1cc(N2CCN(CCCN)CC2)ncc1Br. The Morgan fingerprint density at radius 2 is 2.06 bits per heavy atom. The molecule has 0 spiro atoms. The molecule has 0 aromatic carbocycles. The number of hydrogen-bond donors (Lipinski definition) is 1. The van der Waals surface area contributed by atoms with Crippen molar-refractivity contribution in [3.8, 4) is 0 Å². The Balaban J connectivity index is 1.90. The van der Waals surface area contributed by atoms with Crippen LogP contribution < -0.4 is 10.6 Å². The first-order valence-corrected chi connectivity index (χ1v) is 7.29. The van der Waals surface area contributed by atoms with Crippen LogP contribution in [0.4, 0.5) is 5.82 Å². The molecule has 0 unspecified atom stereocenters. The van der Waals surface area contributed by atoms with Gasteiger partial charge in [0.15, 0.2) is 0 Å². The Morgan fingerprint density at radius 3 is 2.67 bits per heavy atom. The smallest absolute Gasteiger partial charge is 0.128 e. The van der Waals surface area contributed by atoms with Crippen molar-refractivity contribution in [2.45, 2.75) is 13.3 Å². The molecule has 1 saturated heterocycles. The average molecular weight is 313 g/mol. The Labute approximate surface area is 117 Å². The molecule has 1 aromatic heterocycles. The van der Waals surface area contributed by atoms with E-state index in [0.717, 1.165) is 56.0 Å². The highest BCUT2D eigenvalue weighted by atomic mass is 79.9. The summed E-state index contributed by atoms with van der Waals surface area (Å²) in [6, 6.07) is 2.15. The summed E-state index contributed by atoms with van der Waals surface area (Å²) in [5.41, 5.74) is 6.78. The van der Waals surface area contributed by atoms with E-state index in [-0.39, 0.29) is 0 Å². The number of anilines is 1. The lowest BCUT2D eigenvalue weighted by Gasteiger charge is -2.35. The molecule has 0 atom stereocenters. The number of piperazine rings is 1. The highest BCUT2D eigenvalue weighted by Gasteiger charge is 2.17. The molecule has 0 aliphatic carbocycles. The molecule has 4 nitrogen and oxygen atoms in total. The number of aryl methyl sites for hydroxylation is 1. The summed E-state index contributed by atoms with van der Waals surface area (Å²) < 4.78 is 1.08. The summed E-state index contributed by atoms with van der Waals surface area (Å²) in [6.07, 6.45) is 2.99. The van der Waals surface area contributed by atoms with Gasteiger partial charge in [0, 0.05) is 36.8 Å². The summed E-state index contributed by atoms with van der Waals surface area (Å²) >= 11 is 3.49. The van der Waals surface area contributed by atoms with Crippen LogP contribution in [-0.4, -0.2) is 49.2 Å². The fourth-order valence-corrected chi connectivity index (χ4v) is 2.43. The van der Waals surface area contributed by atoms with Crippen molar-refractivity contribution in [2.24, 2.45) is 5.73 Å². The minimum atomic E-state index is 0.785. The van der Waals surface area contributed by atoms with E-state index in [1.807, 2.05) is 6.20 Å². The third kappa shape index (κ3) is 3.43. The van der Waals surface area contributed by atoms with Gasteiger partial charge in [0.2, 0.25) is 0 Å². The fourth-order valence-electron chi connectivity index (χ4n) is 2.21. The molecule has 1 aliphatic heterocycles. The predicted molar refractivity (Wildman–Crippen MR) is 79.0 cm³/mol. The quantitative estimate of drug-likeness (QED) is 0.917. The Morgan fingerprint density at radius 1 is 1.33 bits per heavy atom. The number of nitrogens with zero attached hydrogens (tertiary/aromatic N) is 3. The van der Waals surface area contributed by atoms with E-state index < -0.39 is 0 Å². The predicted octanol–water partition coefficient (Wildman–Crippen LogP) is 1.62. The summed E-state index contributed by atoms with van der Waals surface area (Å²) in [7, 11) is 0. The molecule has 2 rings (SSSR count). The number of pyridine rings is 1. The van der Waals surface area contributed by atoms with Crippen LogP contribution in [-0.2, 0) is 0 Å². The maximum Gasteiger partial charge on any atom is 0.128 e. The topological polar surface area (TPSA) is 45.4 Å². The van der Waals surface area contributed by atoms with Crippen molar-refractivity contribution >= 4 is 21.7 Å². The van der Waals surface area contributed by atoms with E-state index in [1.54, 1.807) is 0 Å². The van der Waals surface area contributed by atoms with Crippen LogP contribution in [0, 0.1) is 6.92 Å². The maximum atomic E-state index is 5.54. The largest absolute Gasteiger partial charge is 0.354 e. The van der Waals surface area contributed by atoms with Crippen LogP contribution in [0.5, 0.6) is 0 Å². The Bertz CT molecular complexity index is 389. The minimum Gasteiger partial charge on any atom is -0.354 e. The molecule has 2 heterocycles. The number of nitrogens with two attached hydrogens (primary N) is 1. The molecular formula is C13H21BrN4. The van der Waals surface area contributed by atoms with E-state index >= 15 is 0 Å². The zero-order valence-electron chi connectivity index (χ0n) is 10.9. The maximum absolute atomic E-state index is 5.54. The number of halogens is 1. The van der Waals surface area contributed by atoms with Gasteiger partial charge in [-0.15, -0.1) is 0 Å². The van der Waals surface area contributed by atoms with Crippen LogP contribution in [0.1, 0.15) is 12.0 Å². The molecule has 0 amide bonds. The first-order chi connectivity index (χ1) is 8.70. The van der Waals surface area contributed by atoms with Crippen LogP contribution in [0.15, 0.2) is 16.7 Å². The number of aromatic nitrogens is 1. The molecular weight excluding hydrogens is 292 g/mol. The summed E-state index contributed by atoms with van der Waals surface area (Å²) in [4.78, 5) is 9.33. The van der Waals surface area contributed by atoms with E-state index in [2.05, 4.69) is 43.7 Å². The monoisotopic (exact) mass is 312 g/mol. The molecule has 0 saturated carbocycles. The minimum absolute atomic E-state index is 0.785. The molecule has 5 heteroatoms. The van der Waals surface area contributed by atoms with Gasteiger partial charge in [-0.05, 0) is 54.0 Å². The van der Waals surface area contributed by atoms with Crippen molar-refractivity contribution < 1.29 is 0 Å². The summed E-state index contributed by atoms with van der Waals surface area (Å²) in [5, 5.41) is 0. The second kappa shape index (κ2) is 6.50. The number of rotatable bonds is 4. The second-order valence-electron chi connectivity index (χ2n) is 4.76. The lowest BCUT2D eigenvalue weighted by molar-refractivity contribution is 0.256. The van der Waals surface area contributed by atoms with Gasteiger partial charge in [0.1, 0.15) is 5.82 Å². The van der Waals surface area contributed by atoms with Gasteiger partial charge in [-0.25, -0.2) is 4.98 Å². The second-order valence-corrected chi connectivity index (χ2v) is 5.62. The van der Waals surface area contributed by atoms with Gasteiger partial charge in [0.25, 0.3) is 0 Å². The summed E-state index contributed by atoms with van der Waals surface area (Å²) in [5.74, 6) is 1.09. The molecule has 1 aliphatic rings. The van der Waals surface area contributed by atoms with E-state index in [4.69, 9.17) is 5.73 Å². The fraction of sp³-hybridized carbons (Fsp3) is 0.615. The van der Waals surface area contributed by atoms with Gasteiger partial charge in [-0.2, -0.15) is 0 Å². The molecule has 0 radical (unpaired) electrons. The standard InChI is InChI=1S/C13H21BrN4/c1-11-9-13(16-10-12(11)14)18-7-5-17(6-8-18)4-2-3-15/h9-10H,2-8,15H2,1H3. The lowest BCUT2D eigenvalue weighted by atomic mass is 10.2. The van der Waals surface area contributed by atoms with Crippen molar-refractivity contribution in [2.75, 3.05) is 44.2 Å².